The molecular formula is C17H20N4. The third-order valence-corrected chi connectivity index (χ3v) is 3.61. The highest BCUT2D eigenvalue weighted by molar-refractivity contribution is 5.73. The molecule has 0 saturated carbocycles. The van der Waals surface area contributed by atoms with Crippen LogP contribution < -0.4 is 0 Å². The van der Waals surface area contributed by atoms with Crippen molar-refractivity contribution in [2.24, 2.45) is 0 Å². The number of fused-ring (bicyclic) bond motifs is 1. The van der Waals surface area contributed by atoms with Gasteiger partial charge in [-0.05, 0) is 12.0 Å². The fourth-order valence-electron chi connectivity index (χ4n) is 2.43. The van der Waals surface area contributed by atoms with E-state index in [0.29, 0.717) is 0 Å². The van der Waals surface area contributed by atoms with Gasteiger partial charge in [-0.3, -0.25) is 0 Å². The number of unbranched alkanes of at least 4 members (excludes halogenated alkanes) is 2. The number of aromatic nitrogens is 4. The van der Waals surface area contributed by atoms with Gasteiger partial charge in [-0.25, -0.2) is 14.6 Å². The Labute approximate surface area is 124 Å². The van der Waals surface area contributed by atoms with Crippen LogP contribution in [0.25, 0.3) is 11.0 Å². The SMILES string of the molecule is CCCCCc1ncc2cnn(Cc3ccccc3)c2n1. The second-order valence-electron chi connectivity index (χ2n) is 5.31. The van der Waals surface area contributed by atoms with Crippen LogP contribution in [0.15, 0.2) is 42.7 Å². The minimum Gasteiger partial charge on any atom is -0.243 e. The van der Waals surface area contributed by atoms with Gasteiger partial charge in [0.2, 0.25) is 0 Å². The molecule has 4 nitrogen and oxygen atoms in total. The lowest BCUT2D eigenvalue weighted by Crippen LogP contribution is -2.04. The van der Waals surface area contributed by atoms with Gasteiger partial charge >= 0.3 is 0 Å². The van der Waals surface area contributed by atoms with Gasteiger partial charge in [0, 0.05) is 12.6 Å². The zero-order chi connectivity index (χ0) is 14.5. The number of benzene rings is 1. The number of hydrogen-bond donors (Lipinski definition) is 0. The molecule has 0 N–H and O–H groups in total. The van der Waals surface area contributed by atoms with Crippen molar-refractivity contribution in [2.75, 3.05) is 0 Å². The van der Waals surface area contributed by atoms with Crippen LogP contribution in [0.4, 0.5) is 0 Å². The van der Waals surface area contributed by atoms with Gasteiger partial charge < -0.3 is 0 Å². The zero-order valence-electron chi connectivity index (χ0n) is 12.4. The largest absolute Gasteiger partial charge is 0.243 e. The molecule has 2 aromatic heterocycles. The quantitative estimate of drug-likeness (QED) is 0.648. The molecule has 0 fully saturated rings. The number of rotatable bonds is 6. The van der Waals surface area contributed by atoms with Crippen LogP contribution in [0.5, 0.6) is 0 Å². The Hall–Kier alpha value is -2.23. The van der Waals surface area contributed by atoms with Crippen LogP contribution in [0.1, 0.15) is 37.6 Å². The van der Waals surface area contributed by atoms with Gasteiger partial charge in [0.15, 0.2) is 5.65 Å². The maximum Gasteiger partial charge on any atom is 0.161 e. The van der Waals surface area contributed by atoms with E-state index in [4.69, 9.17) is 4.98 Å². The Balaban J connectivity index is 1.83. The normalized spacial score (nSPS) is 11.1. The third-order valence-electron chi connectivity index (χ3n) is 3.61. The van der Waals surface area contributed by atoms with Crippen LogP contribution in [-0.4, -0.2) is 19.7 Å². The Bertz CT molecular complexity index is 703. The number of nitrogens with zero attached hydrogens (tertiary/aromatic N) is 4. The van der Waals surface area contributed by atoms with E-state index in [2.05, 4.69) is 29.1 Å². The summed E-state index contributed by atoms with van der Waals surface area (Å²) in [5.74, 6) is 0.922. The summed E-state index contributed by atoms with van der Waals surface area (Å²) in [7, 11) is 0. The van der Waals surface area contributed by atoms with E-state index in [1.54, 1.807) is 0 Å². The maximum absolute atomic E-state index is 4.69. The highest BCUT2D eigenvalue weighted by Crippen LogP contribution is 2.13. The van der Waals surface area contributed by atoms with E-state index in [0.717, 1.165) is 36.2 Å². The zero-order valence-corrected chi connectivity index (χ0v) is 12.4. The van der Waals surface area contributed by atoms with E-state index in [1.807, 2.05) is 35.3 Å². The van der Waals surface area contributed by atoms with Gasteiger partial charge in [-0.1, -0.05) is 50.1 Å². The summed E-state index contributed by atoms with van der Waals surface area (Å²) in [5.41, 5.74) is 2.16. The van der Waals surface area contributed by atoms with E-state index >= 15 is 0 Å². The molecule has 21 heavy (non-hydrogen) atoms. The van der Waals surface area contributed by atoms with Crippen molar-refractivity contribution in [3.8, 4) is 0 Å². The Morgan fingerprint density at radius 2 is 1.90 bits per heavy atom. The molecule has 0 spiro atoms. The Morgan fingerprint density at radius 1 is 1.05 bits per heavy atom. The molecule has 2 heterocycles. The van der Waals surface area contributed by atoms with E-state index in [9.17, 15) is 0 Å². The highest BCUT2D eigenvalue weighted by atomic mass is 15.3. The van der Waals surface area contributed by atoms with Crippen LogP contribution >= 0.6 is 0 Å². The van der Waals surface area contributed by atoms with E-state index in [1.165, 1.54) is 18.4 Å². The molecule has 0 radical (unpaired) electrons. The van der Waals surface area contributed by atoms with Crippen LogP contribution in [-0.2, 0) is 13.0 Å². The first-order valence-electron chi connectivity index (χ1n) is 7.58. The fourth-order valence-corrected chi connectivity index (χ4v) is 2.43. The van der Waals surface area contributed by atoms with Crippen LogP contribution in [0.3, 0.4) is 0 Å². The first-order chi connectivity index (χ1) is 10.4. The van der Waals surface area contributed by atoms with Gasteiger partial charge in [0.05, 0.1) is 18.1 Å². The van der Waals surface area contributed by atoms with E-state index < -0.39 is 0 Å². The lowest BCUT2D eigenvalue weighted by Gasteiger charge is -2.04. The minimum atomic E-state index is 0.746. The monoisotopic (exact) mass is 280 g/mol. The fraction of sp³-hybridized carbons (Fsp3) is 0.353. The number of aryl methyl sites for hydroxylation is 1. The molecular weight excluding hydrogens is 260 g/mol. The van der Waals surface area contributed by atoms with E-state index in [-0.39, 0.29) is 0 Å². The van der Waals surface area contributed by atoms with Gasteiger partial charge in [-0.15, -0.1) is 0 Å². The summed E-state index contributed by atoms with van der Waals surface area (Å²) < 4.78 is 1.95. The molecule has 0 aliphatic rings. The van der Waals surface area contributed by atoms with Crippen molar-refractivity contribution < 1.29 is 0 Å². The van der Waals surface area contributed by atoms with Crippen molar-refractivity contribution in [1.29, 1.82) is 0 Å². The third kappa shape index (κ3) is 3.27. The molecule has 0 aliphatic heterocycles. The molecule has 0 unspecified atom stereocenters. The summed E-state index contributed by atoms with van der Waals surface area (Å²) in [6.07, 6.45) is 8.26. The first-order valence-corrected chi connectivity index (χ1v) is 7.58. The predicted octanol–water partition coefficient (Wildman–Crippen LogP) is 3.61. The second kappa shape index (κ2) is 6.48. The van der Waals surface area contributed by atoms with Crippen molar-refractivity contribution in [3.63, 3.8) is 0 Å². The highest BCUT2D eigenvalue weighted by Gasteiger charge is 2.07. The van der Waals surface area contributed by atoms with Crippen molar-refractivity contribution in [1.82, 2.24) is 19.7 Å². The average molecular weight is 280 g/mol. The van der Waals surface area contributed by atoms with Crippen LogP contribution in [0.2, 0.25) is 0 Å². The topological polar surface area (TPSA) is 43.6 Å². The van der Waals surface area contributed by atoms with Gasteiger partial charge in [-0.2, -0.15) is 5.10 Å². The average Bonchev–Trinajstić information content (AvgIpc) is 2.91. The van der Waals surface area contributed by atoms with Crippen molar-refractivity contribution in [3.05, 3.63) is 54.1 Å². The maximum atomic E-state index is 4.69. The Kier molecular flexibility index (Phi) is 4.24. The van der Waals surface area contributed by atoms with Gasteiger partial charge in [0.1, 0.15) is 5.82 Å². The lowest BCUT2D eigenvalue weighted by molar-refractivity contribution is 0.681. The van der Waals surface area contributed by atoms with Crippen molar-refractivity contribution in [2.45, 2.75) is 39.2 Å². The smallest absolute Gasteiger partial charge is 0.161 e. The second-order valence-corrected chi connectivity index (χ2v) is 5.31. The predicted molar refractivity (Wildman–Crippen MR) is 84.1 cm³/mol. The molecule has 0 bridgehead atoms. The molecule has 0 amide bonds. The minimum absolute atomic E-state index is 0.746. The standard InChI is InChI=1S/C17H20N4/c1-2-3-5-10-16-18-11-15-12-19-21(17(15)20-16)13-14-8-6-4-7-9-14/h4,6-9,11-12H,2-3,5,10,13H2,1H3. The molecule has 0 aliphatic carbocycles. The Morgan fingerprint density at radius 3 is 2.71 bits per heavy atom. The van der Waals surface area contributed by atoms with Crippen molar-refractivity contribution >= 4 is 11.0 Å². The molecule has 0 saturated heterocycles. The van der Waals surface area contributed by atoms with Crippen LogP contribution in [0, 0.1) is 0 Å². The van der Waals surface area contributed by atoms with Gasteiger partial charge in [0.25, 0.3) is 0 Å². The summed E-state index contributed by atoms with van der Waals surface area (Å²) in [6.45, 7) is 2.95. The lowest BCUT2D eigenvalue weighted by atomic mass is 10.2. The molecule has 1 aromatic carbocycles. The molecule has 0 atom stereocenters. The summed E-state index contributed by atoms with van der Waals surface area (Å²) in [5, 5.41) is 5.45. The molecule has 108 valence electrons. The summed E-state index contributed by atoms with van der Waals surface area (Å²) in [6, 6.07) is 10.3. The molecule has 4 heteroatoms. The molecule has 3 rings (SSSR count). The number of hydrogen-bond acceptors (Lipinski definition) is 3. The molecule has 3 aromatic rings. The first kappa shape index (κ1) is 13.7. The summed E-state index contributed by atoms with van der Waals surface area (Å²) >= 11 is 0. The summed E-state index contributed by atoms with van der Waals surface area (Å²) in [4.78, 5) is 9.13.